The minimum Gasteiger partial charge on any atom is -0.476 e. The molecule has 0 aliphatic heterocycles. The first-order valence-electron chi connectivity index (χ1n) is 10.5. The molecular formula is C24H22Cl2N4O2S2. The van der Waals surface area contributed by atoms with Gasteiger partial charge in [0.1, 0.15) is 0 Å². The molecule has 1 aromatic carbocycles. The highest BCUT2D eigenvalue weighted by molar-refractivity contribution is 8.01. The summed E-state index contributed by atoms with van der Waals surface area (Å²) in [5.74, 6) is -1.08. The minimum atomic E-state index is -1.08. The summed E-state index contributed by atoms with van der Waals surface area (Å²) >= 11 is 15.6. The molecule has 6 nitrogen and oxygen atoms in total. The predicted octanol–water partition coefficient (Wildman–Crippen LogP) is 7.49. The number of rotatable bonds is 6. The van der Waals surface area contributed by atoms with Gasteiger partial charge in [-0.25, -0.2) is 9.78 Å². The lowest BCUT2D eigenvalue weighted by Gasteiger charge is -2.06. The van der Waals surface area contributed by atoms with Crippen molar-refractivity contribution < 1.29 is 9.90 Å². The summed E-state index contributed by atoms with van der Waals surface area (Å²) in [6, 6.07) is 9.00. The van der Waals surface area contributed by atoms with Gasteiger partial charge in [-0.3, -0.25) is 4.98 Å². The predicted molar refractivity (Wildman–Crippen MR) is 140 cm³/mol. The molecule has 0 saturated carbocycles. The third-order valence-corrected chi connectivity index (χ3v) is 7.72. The Hall–Kier alpha value is -2.39. The van der Waals surface area contributed by atoms with Crippen LogP contribution in [0.1, 0.15) is 41.4 Å². The standard InChI is InChI=1S/C24H22Cl2N4O2S2/c1-11(2)33-23-20(17-7-6-16(25)10-18(17)26)28-24(34-23)30-21(22(31)32)19(14(5)29-30)15-8-12(3)27-13(4)9-15/h6-11H,1-5H3,(H,31,32). The SMILES string of the molecule is Cc1cc(-c2c(C)nn(-c3nc(-c4ccc(Cl)cc4Cl)c(SC(C)C)s3)c2C(=O)O)cc(C)n1. The molecule has 3 heterocycles. The van der Waals surface area contributed by atoms with Crippen molar-refractivity contribution in [1.29, 1.82) is 0 Å². The first kappa shape index (κ1) is 24.7. The normalized spacial score (nSPS) is 11.4. The fourth-order valence-corrected chi connectivity index (χ4v) is 6.68. The molecule has 4 rings (SSSR count). The Balaban J connectivity index is 1.94. The van der Waals surface area contributed by atoms with E-state index in [0.717, 1.165) is 26.7 Å². The van der Waals surface area contributed by atoms with Crippen LogP contribution in [0.2, 0.25) is 10.0 Å². The number of aromatic carboxylic acids is 1. The molecule has 0 aliphatic carbocycles. The molecule has 0 radical (unpaired) electrons. The van der Waals surface area contributed by atoms with Crippen molar-refractivity contribution in [3.8, 4) is 27.5 Å². The van der Waals surface area contributed by atoms with Crippen LogP contribution in [0.15, 0.2) is 34.5 Å². The van der Waals surface area contributed by atoms with E-state index in [4.69, 9.17) is 28.2 Å². The van der Waals surface area contributed by atoms with Gasteiger partial charge in [-0.1, -0.05) is 48.4 Å². The summed E-state index contributed by atoms with van der Waals surface area (Å²) in [4.78, 5) is 21.7. The average molecular weight is 534 g/mol. The number of carbonyl (C=O) groups is 1. The molecule has 3 aromatic heterocycles. The highest BCUT2D eigenvalue weighted by Gasteiger charge is 2.27. The largest absolute Gasteiger partial charge is 0.476 e. The lowest BCUT2D eigenvalue weighted by molar-refractivity contribution is 0.0688. The van der Waals surface area contributed by atoms with Gasteiger partial charge in [0.15, 0.2) is 5.69 Å². The monoisotopic (exact) mass is 532 g/mol. The van der Waals surface area contributed by atoms with Crippen LogP contribution >= 0.6 is 46.3 Å². The summed E-state index contributed by atoms with van der Waals surface area (Å²) in [7, 11) is 0. The van der Waals surface area contributed by atoms with Gasteiger partial charge >= 0.3 is 5.97 Å². The number of carboxylic acids is 1. The Bertz CT molecular complexity index is 1390. The van der Waals surface area contributed by atoms with Gasteiger partial charge < -0.3 is 5.11 Å². The van der Waals surface area contributed by atoms with Gasteiger partial charge in [-0.05, 0) is 56.7 Å². The fourth-order valence-electron chi connectivity index (χ4n) is 3.72. The Morgan fingerprint density at radius 3 is 2.35 bits per heavy atom. The summed E-state index contributed by atoms with van der Waals surface area (Å²) in [6.45, 7) is 9.75. The van der Waals surface area contributed by atoms with Crippen molar-refractivity contribution in [3.05, 3.63) is 63.2 Å². The van der Waals surface area contributed by atoms with E-state index in [0.29, 0.717) is 32.1 Å². The number of aromatic nitrogens is 4. The molecule has 0 amide bonds. The van der Waals surface area contributed by atoms with Gasteiger partial charge in [0.25, 0.3) is 0 Å². The second-order valence-electron chi connectivity index (χ2n) is 8.09. The van der Waals surface area contributed by atoms with Crippen LogP contribution in [0.25, 0.3) is 27.5 Å². The van der Waals surface area contributed by atoms with Crippen LogP contribution in [0.4, 0.5) is 0 Å². The van der Waals surface area contributed by atoms with Crippen LogP contribution in [0, 0.1) is 20.8 Å². The Labute approximate surface area is 216 Å². The van der Waals surface area contributed by atoms with Crippen molar-refractivity contribution in [2.24, 2.45) is 0 Å². The van der Waals surface area contributed by atoms with Crippen LogP contribution in [-0.4, -0.2) is 36.1 Å². The third kappa shape index (κ3) is 4.86. The summed E-state index contributed by atoms with van der Waals surface area (Å²) < 4.78 is 2.34. The average Bonchev–Trinajstić information content (AvgIpc) is 3.27. The number of aryl methyl sites for hydroxylation is 3. The van der Waals surface area contributed by atoms with Crippen LogP contribution in [-0.2, 0) is 0 Å². The topological polar surface area (TPSA) is 80.9 Å². The van der Waals surface area contributed by atoms with E-state index in [1.807, 2.05) is 32.0 Å². The second-order valence-corrected chi connectivity index (χ2v) is 11.8. The first-order valence-corrected chi connectivity index (χ1v) is 12.9. The molecule has 0 spiro atoms. The van der Waals surface area contributed by atoms with E-state index in [1.54, 1.807) is 30.8 Å². The number of thioether (sulfide) groups is 1. The quantitative estimate of drug-likeness (QED) is 0.259. The summed E-state index contributed by atoms with van der Waals surface area (Å²) in [5, 5.41) is 16.6. The number of halogens is 2. The van der Waals surface area contributed by atoms with E-state index < -0.39 is 5.97 Å². The second kappa shape index (κ2) is 9.70. The first-order chi connectivity index (χ1) is 16.0. The molecular weight excluding hydrogens is 511 g/mol. The fraction of sp³-hybridized carbons (Fsp3) is 0.250. The van der Waals surface area contributed by atoms with Gasteiger partial charge in [-0.2, -0.15) is 9.78 Å². The minimum absolute atomic E-state index is 0.0612. The third-order valence-electron chi connectivity index (χ3n) is 4.93. The molecule has 1 N–H and O–H groups in total. The maximum absolute atomic E-state index is 12.5. The Morgan fingerprint density at radius 2 is 1.76 bits per heavy atom. The molecule has 0 bridgehead atoms. The number of hydrogen-bond donors (Lipinski definition) is 1. The van der Waals surface area contributed by atoms with Gasteiger partial charge in [0, 0.05) is 32.8 Å². The van der Waals surface area contributed by atoms with E-state index in [9.17, 15) is 9.90 Å². The number of nitrogens with zero attached hydrogens (tertiary/aromatic N) is 4. The van der Waals surface area contributed by atoms with E-state index in [1.165, 1.54) is 16.0 Å². The molecule has 34 heavy (non-hydrogen) atoms. The molecule has 176 valence electrons. The zero-order chi connectivity index (χ0) is 24.7. The molecule has 4 aromatic rings. The van der Waals surface area contributed by atoms with Crippen molar-refractivity contribution in [2.75, 3.05) is 0 Å². The summed E-state index contributed by atoms with van der Waals surface area (Å²) in [6.07, 6.45) is 0. The number of hydrogen-bond acceptors (Lipinski definition) is 6. The van der Waals surface area contributed by atoms with E-state index in [2.05, 4.69) is 23.9 Å². The highest BCUT2D eigenvalue weighted by atomic mass is 35.5. The van der Waals surface area contributed by atoms with Crippen molar-refractivity contribution in [2.45, 2.75) is 44.1 Å². The van der Waals surface area contributed by atoms with E-state index in [-0.39, 0.29) is 10.9 Å². The van der Waals surface area contributed by atoms with Crippen molar-refractivity contribution in [3.63, 3.8) is 0 Å². The number of pyridine rings is 1. The van der Waals surface area contributed by atoms with Crippen LogP contribution in [0.5, 0.6) is 0 Å². The zero-order valence-electron chi connectivity index (χ0n) is 19.2. The molecule has 10 heteroatoms. The lowest BCUT2D eigenvalue weighted by Crippen LogP contribution is -2.09. The Morgan fingerprint density at radius 1 is 1.09 bits per heavy atom. The van der Waals surface area contributed by atoms with Gasteiger partial charge in [0.2, 0.25) is 5.13 Å². The molecule has 0 saturated heterocycles. The smallest absolute Gasteiger partial charge is 0.355 e. The molecule has 0 atom stereocenters. The van der Waals surface area contributed by atoms with Gasteiger partial charge in [0.05, 0.1) is 20.6 Å². The number of benzene rings is 1. The number of carboxylic acid groups (broad SMARTS) is 1. The van der Waals surface area contributed by atoms with E-state index >= 15 is 0 Å². The molecule has 0 aliphatic rings. The van der Waals surface area contributed by atoms with Crippen LogP contribution in [0.3, 0.4) is 0 Å². The van der Waals surface area contributed by atoms with Crippen LogP contribution < -0.4 is 0 Å². The zero-order valence-corrected chi connectivity index (χ0v) is 22.3. The Kier molecular flexibility index (Phi) is 7.05. The molecule has 0 fully saturated rings. The molecule has 0 unspecified atom stereocenters. The van der Waals surface area contributed by atoms with Crippen molar-refractivity contribution in [1.82, 2.24) is 19.7 Å². The maximum Gasteiger partial charge on any atom is 0.355 e. The number of thiazole rings is 1. The highest BCUT2D eigenvalue weighted by Crippen LogP contribution is 2.43. The lowest BCUT2D eigenvalue weighted by atomic mass is 10.0. The summed E-state index contributed by atoms with van der Waals surface area (Å²) in [5.41, 5.74) is 5.01. The maximum atomic E-state index is 12.5. The van der Waals surface area contributed by atoms with Crippen molar-refractivity contribution >= 4 is 52.3 Å². The van der Waals surface area contributed by atoms with Gasteiger partial charge in [-0.15, -0.1) is 11.8 Å².